The number of fused-ring (bicyclic) bond motifs is 3. The van der Waals surface area contributed by atoms with E-state index < -0.39 is 5.25 Å². The number of amides is 1. The fourth-order valence-electron chi connectivity index (χ4n) is 3.79. The minimum atomic E-state index is -0.432. The van der Waals surface area contributed by atoms with Gasteiger partial charge in [0, 0.05) is 12.2 Å². The van der Waals surface area contributed by atoms with E-state index in [1.54, 1.807) is 4.57 Å². The summed E-state index contributed by atoms with van der Waals surface area (Å²) in [6, 6.07) is 14.7. The molecule has 0 spiro atoms. The zero-order valence-electron chi connectivity index (χ0n) is 19.7. The summed E-state index contributed by atoms with van der Waals surface area (Å²) in [6.45, 7) is 7.06. The van der Waals surface area contributed by atoms with Crippen molar-refractivity contribution in [2.24, 2.45) is 0 Å². The number of thioether (sulfide) groups is 1. The molecule has 1 unspecified atom stereocenters. The molecule has 2 aromatic heterocycles. The van der Waals surface area contributed by atoms with Gasteiger partial charge in [0.1, 0.15) is 5.75 Å². The lowest BCUT2D eigenvalue weighted by molar-refractivity contribution is -0.115. The number of rotatable bonds is 10. The highest BCUT2D eigenvalue weighted by Crippen LogP contribution is 2.26. The maximum absolute atomic E-state index is 13.1. The second-order valence-electron chi connectivity index (χ2n) is 8.01. The maximum atomic E-state index is 13.1. The van der Waals surface area contributed by atoms with Crippen LogP contribution in [0.25, 0.3) is 16.7 Å². The first-order chi connectivity index (χ1) is 16.5. The first kappa shape index (κ1) is 23.8. The van der Waals surface area contributed by atoms with Crippen LogP contribution in [0.5, 0.6) is 5.75 Å². The van der Waals surface area contributed by atoms with Gasteiger partial charge in [0.2, 0.25) is 11.7 Å². The average molecular weight is 480 g/mol. The van der Waals surface area contributed by atoms with Crippen LogP contribution < -0.4 is 15.6 Å². The summed E-state index contributed by atoms with van der Waals surface area (Å²) < 4.78 is 9.03. The van der Waals surface area contributed by atoms with E-state index in [1.165, 1.54) is 11.8 Å². The zero-order chi connectivity index (χ0) is 24.1. The predicted molar refractivity (Wildman–Crippen MR) is 136 cm³/mol. The molecule has 0 saturated carbocycles. The van der Waals surface area contributed by atoms with Crippen molar-refractivity contribution in [2.75, 3.05) is 11.9 Å². The van der Waals surface area contributed by atoms with Crippen LogP contribution in [-0.4, -0.2) is 36.9 Å². The number of ether oxygens (including phenoxy) is 1. The maximum Gasteiger partial charge on any atom is 0.262 e. The Morgan fingerprint density at radius 2 is 1.85 bits per heavy atom. The number of aryl methyl sites for hydroxylation is 1. The van der Waals surface area contributed by atoms with E-state index in [1.807, 2.05) is 66.8 Å². The number of carbonyl (C=O) groups is 1. The van der Waals surface area contributed by atoms with Crippen LogP contribution in [0.3, 0.4) is 0 Å². The van der Waals surface area contributed by atoms with Gasteiger partial charge in [-0.3, -0.25) is 18.6 Å². The van der Waals surface area contributed by atoms with Crippen LogP contribution in [0, 0.1) is 0 Å². The lowest BCUT2D eigenvalue weighted by Gasteiger charge is -2.13. The number of unbranched alkanes of at least 4 members (excludes halogenated alkanes) is 2. The van der Waals surface area contributed by atoms with E-state index in [2.05, 4.69) is 22.4 Å². The first-order valence-electron chi connectivity index (χ1n) is 11.6. The SMILES string of the molecule is CCCCCn1c(=O)c2ccccc2n2c(SC(C)C(=O)Nc3ccc(OCC)cc3)nnc12. The van der Waals surface area contributed by atoms with Gasteiger partial charge in [0.05, 0.1) is 22.8 Å². The molecule has 0 bridgehead atoms. The number of anilines is 1. The summed E-state index contributed by atoms with van der Waals surface area (Å²) in [5.41, 5.74) is 1.37. The Labute approximate surface area is 202 Å². The smallest absolute Gasteiger partial charge is 0.262 e. The topological polar surface area (TPSA) is 90.5 Å². The molecule has 34 heavy (non-hydrogen) atoms. The van der Waals surface area contributed by atoms with Crippen molar-refractivity contribution in [1.29, 1.82) is 0 Å². The molecule has 0 aliphatic rings. The summed E-state index contributed by atoms with van der Waals surface area (Å²) in [4.78, 5) is 26.0. The van der Waals surface area contributed by atoms with Crippen molar-refractivity contribution < 1.29 is 9.53 Å². The molecule has 0 saturated heterocycles. The highest BCUT2D eigenvalue weighted by atomic mass is 32.2. The molecule has 8 nitrogen and oxygen atoms in total. The summed E-state index contributed by atoms with van der Waals surface area (Å²) >= 11 is 1.31. The molecule has 1 N–H and O–H groups in total. The predicted octanol–water partition coefficient (Wildman–Crippen LogP) is 4.75. The molecular formula is C25H29N5O3S. The van der Waals surface area contributed by atoms with Crippen LogP contribution in [0.1, 0.15) is 40.0 Å². The number of hydrogen-bond acceptors (Lipinski definition) is 6. The molecule has 9 heteroatoms. The number of nitrogens with one attached hydrogen (secondary N) is 1. The quantitative estimate of drug-likeness (QED) is 0.261. The van der Waals surface area contributed by atoms with E-state index in [9.17, 15) is 9.59 Å². The average Bonchev–Trinajstić information content (AvgIpc) is 3.26. The molecule has 2 aromatic carbocycles. The first-order valence-corrected chi connectivity index (χ1v) is 12.5. The molecule has 1 amide bonds. The number of benzene rings is 2. The Bertz CT molecular complexity index is 1350. The third-order valence-corrected chi connectivity index (χ3v) is 6.59. The molecule has 0 aliphatic heterocycles. The van der Waals surface area contributed by atoms with Gasteiger partial charge in [-0.2, -0.15) is 0 Å². The minimum absolute atomic E-state index is 0.0653. The largest absolute Gasteiger partial charge is 0.494 e. The normalized spacial score (nSPS) is 12.2. The third kappa shape index (κ3) is 4.94. The Morgan fingerprint density at radius 1 is 1.09 bits per heavy atom. The number of nitrogens with zero attached hydrogens (tertiary/aromatic N) is 4. The lowest BCUT2D eigenvalue weighted by Crippen LogP contribution is -2.24. The van der Waals surface area contributed by atoms with Gasteiger partial charge in [-0.25, -0.2) is 0 Å². The second-order valence-corrected chi connectivity index (χ2v) is 9.31. The minimum Gasteiger partial charge on any atom is -0.494 e. The molecule has 1 atom stereocenters. The zero-order valence-corrected chi connectivity index (χ0v) is 20.5. The highest BCUT2D eigenvalue weighted by molar-refractivity contribution is 8.00. The van der Waals surface area contributed by atoms with Gasteiger partial charge in [-0.15, -0.1) is 10.2 Å². The van der Waals surface area contributed by atoms with Crippen molar-refractivity contribution in [3.05, 3.63) is 58.9 Å². The standard InChI is InChI=1S/C25H29N5O3S/c1-4-6-9-16-29-23(32)20-10-7-8-11-21(20)30-24(29)27-28-25(30)34-17(3)22(31)26-18-12-14-19(15-13-18)33-5-2/h7-8,10-15,17H,4-6,9,16H2,1-3H3,(H,26,31). The van der Waals surface area contributed by atoms with Crippen molar-refractivity contribution in [2.45, 2.75) is 57.0 Å². The second kappa shape index (κ2) is 10.7. The van der Waals surface area contributed by atoms with E-state index in [0.717, 1.165) is 30.5 Å². The Kier molecular flexibility index (Phi) is 7.52. The van der Waals surface area contributed by atoms with Crippen molar-refractivity contribution in [1.82, 2.24) is 19.2 Å². The van der Waals surface area contributed by atoms with Crippen LogP contribution in [0.4, 0.5) is 5.69 Å². The van der Waals surface area contributed by atoms with E-state index in [0.29, 0.717) is 35.2 Å². The molecule has 4 aromatic rings. The number of aromatic nitrogens is 4. The van der Waals surface area contributed by atoms with Crippen LogP contribution in [0.15, 0.2) is 58.5 Å². The van der Waals surface area contributed by atoms with Crippen LogP contribution in [-0.2, 0) is 11.3 Å². The highest BCUT2D eigenvalue weighted by Gasteiger charge is 2.21. The summed E-state index contributed by atoms with van der Waals surface area (Å²) in [7, 11) is 0. The number of carbonyl (C=O) groups excluding carboxylic acids is 1. The Hall–Kier alpha value is -3.33. The summed E-state index contributed by atoms with van der Waals surface area (Å²) in [5, 5.41) is 12.4. The number of para-hydroxylation sites is 1. The fourth-order valence-corrected chi connectivity index (χ4v) is 4.64. The fraction of sp³-hybridized carbons (Fsp3) is 0.360. The van der Waals surface area contributed by atoms with Gasteiger partial charge in [0.15, 0.2) is 5.16 Å². The van der Waals surface area contributed by atoms with E-state index in [4.69, 9.17) is 4.74 Å². The van der Waals surface area contributed by atoms with E-state index in [-0.39, 0.29) is 11.5 Å². The van der Waals surface area contributed by atoms with Gasteiger partial charge < -0.3 is 10.1 Å². The van der Waals surface area contributed by atoms with Gasteiger partial charge in [-0.1, -0.05) is 43.7 Å². The van der Waals surface area contributed by atoms with Crippen molar-refractivity contribution in [3.8, 4) is 5.75 Å². The van der Waals surface area contributed by atoms with Crippen LogP contribution >= 0.6 is 11.8 Å². The summed E-state index contributed by atoms with van der Waals surface area (Å²) in [6.07, 6.45) is 2.98. The molecule has 0 aliphatic carbocycles. The van der Waals surface area contributed by atoms with Crippen LogP contribution in [0.2, 0.25) is 0 Å². The molecular weight excluding hydrogens is 450 g/mol. The van der Waals surface area contributed by atoms with Gasteiger partial charge in [-0.05, 0) is 56.7 Å². The molecule has 4 rings (SSSR count). The monoisotopic (exact) mass is 479 g/mol. The van der Waals surface area contributed by atoms with Crippen molar-refractivity contribution >= 4 is 40.0 Å². The van der Waals surface area contributed by atoms with Crippen molar-refractivity contribution in [3.63, 3.8) is 0 Å². The molecule has 2 heterocycles. The third-order valence-electron chi connectivity index (χ3n) is 5.55. The molecule has 0 fully saturated rings. The Balaban J connectivity index is 1.61. The lowest BCUT2D eigenvalue weighted by atomic mass is 10.2. The molecule has 178 valence electrons. The number of hydrogen-bond donors (Lipinski definition) is 1. The van der Waals surface area contributed by atoms with Gasteiger partial charge in [0.25, 0.3) is 5.56 Å². The Morgan fingerprint density at radius 3 is 2.59 bits per heavy atom. The summed E-state index contributed by atoms with van der Waals surface area (Å²) in [5.74, 6) is 1.11. The molecule has 0 radical (unpaired) electrons. The van der Waals surface area contributed by atoms with Gasteiger partial charge >= 0.3 is 0 Å². The van der Waals surface area contributed by atoms with E-state index >= 15 is 0 Å².